The molecule has 2 rings (SSSR count). The van der Waals surface area contributed by atoms with Crippen LogP contribution in [-0.2, 0) is 20.1 Å². The zero-order valence-electron chi connectivity index (χ0n) is 11.9. The number of aldehydes is 1. The molecule has 1 aromatic carbocycles. The van der Waals surface area contributed by atoms with Crippen molar-refractivity contribution < 1.29 is 14.3 Å². The van der Waals surface area contributed by atoms with Crippen molar-refractivity contribution in [2.24, 2.45) is 7.05 Å². The van der Waals surface area contributed by atoms with E-state index in [0.717, 1.165) is 24.1 Å². The number of benzene rings is 1. The minimum atomic E-state index is 0.403. The van der Waals surface area contributed by atoms with Gasteiger partial charge in [-0.15, -0.1) is 0 Å². The van der Waals surface area contributed by atoms with Crippen molar-refractivity contribution in [3.8, 4) is 11.5 Å². The highest BCUT2D eigenvalue weighted by atomic mass is 16.5. The lowest BCUT2D eigenvalue weighted by Crippen LogP contribution is -2.04. The molecule has 0 amide bonds. The van der Waals surface area contributed by atoms with Crippen LogP contribution in [0.3, 0.4) is 0 Å². The van der Waals surface area contributed by atoms with E-state index in [1.54, 1.807) is 25.3 Å². The molecule has 1 heterocycles. The first-order chi connectivity index (χ1) is 9.67. The highest BCUT2D eigenvalue weighted by Crippen LogP contribution is 2.28. The van der Waals surface area contributed by atoms with Crippen molar-refractivity contribution in [3.63, 3.8) is 0 Å². The number of methoxy groups -OCH3 is 1. The standard InChI is InChI=1S/C15H18N2O3/c1-4-12-8-13(17(2)16-12)10-20-14-6-5-11(9-18)7-15(14)19-3/h5-9H,4,10H2,1-3H3. The Hall–Kier alpha value is -2.30. The summed E-state index contributed by atoms with van der Waals surface area (Å²) in [4.78, 5) is 10.7. The second-order valence-electron chi connectivity index (χ2n) is 4.42. The molecule has 0 bridgehead atoms. The molecule has 0 aliphatic heterocycles. The third-order valence-corrected chi connectivity index (χ3v) is 3.09. The summed E-state index contributed by atoms with van der Waals surface area (Å²) in [5, 5.41) is 4.37. The van der Waals surface area contributed by atoms with Gasteiger partial charge in [0.15, 0.2) is 11.5 Å². The molecule has 0 N–H and O–H groups in total. The van der Waals surface area contributed by atoms with Crippen LogP contribution in [0.5, 0.6) is 11.5 Å². The number of hydrogen-bond donors (Lipinski definition) is 0. The van der Waals surface area contributed by atoms with Crippen LogP contribution in [0.25, 0.3) is 0 Å². The second kappa shape index (κ2) is 6.23. The predicted molar refractivity (Wildman–Crippen MR) is 75.3 cm³/mol. The fourth-order valence-corrected chi connectivity index (χ4v) is 1.91. The van der Waals surface area contributed by atoms with Gasteiger partial charge >= 0.3 is 0 Å². The first kappa shape index (κ1) is 14.1. The van der Waals surface area contributed by atoms with Crippen molar-refractivity contribution in [1.82, 2.24) is 9.78 Å². The van der Waals surface area contributed by atoms with Crippen molar-refractivity contribution in [1.29, 1.82) is 0 Å². The molecule has 5 heteroatoms. The maximum absolute atomic E-state index is 10.7. The van der Waals surface area contributed by atoms with Gasteiger partial charge in [0.05, 0.1) is 18.5 Å². The normalized spacial score (nSPS) is 10.3. The van der Waals surface area contributed by atoms with Crippen LogP contribution >= 0.6 is 0 Å². The zero-order chi connectivity index (χ0) is 14.5. The number of ether oxygens (including phenoxy) is 2. The quantitative estimate of drug-likeness (QED) is 0.759. The van der Waals surface area contributed by atoms with Crippen LogP contribution in [0, 0.1) is 0 Å². The summed E-state index contributed by atoms with van der Waals surface area (Å²) in [6.45, 7) is 2.47. The van der Waals surface area contributed by atoms with Crippen molar-refractivity contribution in [2.75, 3.05) is 7.11 Å². The largest absolute Gasteiger partial charge is 0.493 e. The third kappa shape index (κ3) is 2.99. The van der Waals surface area contributed by atoms with E-state index < -0.39 is 0 Å². The lowest BCUT2D eigenvalue weighted by molar-refractivity contribution is 0.112. The summed E-state index contributed by atoms with van der Waals surface area (Å²) >= 11 is 0. The van der Waals surface area contributed by atoms with Gasteiger partial charge in [-0.25, -0.2) is 0 Å². The molecule has 0 saturated carbocycles. The van der Waals surface area contributed by atoms with Gasteiger partial charge in [0.1, 0.15) is 12.9 Å². The molecular formula is C15H18N2O3. The average Bonchev–Trinajstić information content (AvgIpc) is 2.85. The first-order valence-corrected chi connectivity index (χ1v) is 6.45. The second-order valence-corrected chi connectivity index (χ2v) is 4.42. The Morgan fingerprint density at radius 2 is 2.10 bits per heavy atom. The molecule has 0 aliphatic rings. The maximum atomic E-state index is 10.7. The average molecular weight is 274 g/mol. The van der Waals surface area contributed by atoms with Gasteiger partial charge < -0.3 is 9.47 Å². The van der Waals surface area contributed by atoms with E-state index in [0.29, 0.717) is 23.7 Å². The molecular weight excluding hydrogens is 256 g/mol. The SMILES string of the molecule is CCc1cc(COc2ccc(C=O)cc2OC)n(C)n1. The van der Waals surface area contributed by atoms with E-state index >= 15 is 0 Å². The van der Waals surface area contributed by atoms with E-state index in [9.17, 15) is 4.79 Å². The number of carbonyl (C=O) groups excluding carboxylic acids is 1. The van der Waals surface area contributed by atoms with Crippen LogP contribution < -0.4 is 9.47 Å². The van der Waals surface area contributed by atoms with Gasteiger partial charge in [-0.2, -0.15) is 5.10 Å². The molecule has 106 valence electrons. The van der Waals surface area contributed by atoms with E-state index in [4.69, 9.17) is 9.47 Å². The van der Waals surface area contributed by atoms with E-state index in [2.05, 4.69) is 12.0 Å². The molecule has 0 unspecified atom stereocenters. The van der Waals surface area contributed by atoms with Gasteiger partial charge in [-0.05, 0) is 30.7 Å². The maximum Gasteiger partial charge on any atom is 0.161 e. The zero-order valence-corrected chi connectivity index (χ0v) is 11.9. The number of carbonyl (C=O) groups is 1. The Morgan fingerprint density at radius 1 is 1.30 bits per heavy atom. The van der Waals surface area contributed by atoms with Gasteiger partial charge in [-0.3, -0.25) is 9.48 Å². The summed E-state index contributed by atoms with van der Waals surface area (Å²) < 4.78 is 12.8. The van der Waals surface area contributed by atoms with E-state index in [1.165, 1.54) is 0 Å². The molecule has 0 fully saturated rings. The highest BCUT2D eigenvalue weighted by molar-refractivity contribution is 5.76. The van der Waals surface area contributed by atoms with Crippen LogP contribution in [0.1, 0.15) is 28.7 Å². The fraction of sp³-hybridized carbons (Fsp3) is 0.333. The third-order valence-electron chi connectivity index (χ3n) is 3.09. The van der Waals surface area contributed by atoms with E-state index in [-0.39, 0.29) is 0 Å². The Balaban J connectivity index is 2.13. The number of aryl methyl sites for hydroxylation is 2. The Bertz CT molecular complexity index is 605. The highest BCUT2D eigenvalue weighted by Gasteiger charge is 2.08. The summed E-state index contributed by atoms with van der Waals surface area (Å²) in [5.74, 6) is 1.16. The number of hydrogen-bond acceptors (Lipinski definition) is 4. The molecule has 0 saturated heterocycles. The van der Waals surface area contributed by atoms with Gasteiger partial charge in [0.2, 0.25) is 0 Å². The molecule has 0 aliphatic carbocycles. The summed E-state index contributed by atoms with van der Waals surface area (Å²) in [7, 11) is 3.45. The lowest BCUT2D eigenvalue weighted by atomic mass is 10.2. The monoisotopic (exact) mass is 274 g/mol. The number of aromatic nitrogens is 2. The molecule has 0 spiro atoms. The van der Waals surface area contributed by atoms with Gasteiger partial charge in [0, 0.05) is 12.6 Å². The predicted octanol–water partition coefficient (Wildman–Crippen LogP) is 2.38. The minimum Gasteiger partial charge on any atom is -0.493 e. The molecule has 2 aromatic rings. The number of rotatable bonds is 6. The smallest absolute Gasteiger partial charge is 0.161 e. The Labute approximate surface area is 118 Å². The van der Waals surface area contributed by atoms with Crippen molar-refractivity contribution in [2.45, 2.75) is 20.0 Å². The van der Waals surface area contributed by atoms with Gasteiger partial charge in [-0.1, -0.05) is 6.92 Å². The summed E-state index contributed by atoms with van der Waals surface area (Å²) in [5.41, 5.74) is 2.58. The van der Waals surface area contributed by atoms with Crippen LogP contribution in [0.4, 0.5) is 0 Å². The van der Waals surface area contributed by atoms with Crippen LogP contribution in [0.15, 0.2) is 24.3 Å². The molecule has 20 heavy (non-hydrogen) atoms. The van der Waals surface area contributed by atoms with Crippen LogP contribution in [-0.4, -0.2) is 23.2 Å². The Kier molecular flexibility index (Phi) is 4.40. The number of nitrogens with zero attached hydrogens (tertiary/aromatic N) is 2. The molecule has 0 radical (unpaired) electrons. The summed E-state index contributed by atoms with van der Waals surface area (Å²) in [6.07, 6.45) is 1.67. The van der Waals surface area contributed by atoms with Crippen molar-refractivity contribution in [3.05, 3.63) is 41.2 Å². The molecule has 1 aromatic heterocycles. The van der Waals surface area contributed by atoms with Crippen LogP contribution in [0.2, 0.25) is 0 Å². The molecule has 5 nitrogen and oxygen atoms in total. The Morgan fingerprint density at radius 3 is 2.70 bits per heavy atom. The van der Waals surface area contributed by atoms with E-state index in [1.807, 2.05) is 17.8 Å². The topological polar surface area (TPSA) is 53.4 Å². The van der Waals surface area contributed by atoms with Crippen molar-refractivity contribution >= 4 is 6.29 Å². The summed E-state index contributed by atoms with van der Waals surface area (Å²) in [6, 6.07) is 7.11. The minimum absolute atomic E-state index is 0.403. The van der Waals surface area contributed by atoms with Gasteiger partial charge in [0.25, 0.3) is 0 Å². The fourth-order valence-electron chi connectivity index (χ4n) is 1.91. The first-order valence-electron chi connectivity index (χ1n) is 6.45. The lowest BCUT2D eigenvalue weighted by Gasteiger charge is -2.11. The molecule has 0 atom stereocenters.